The molecule has 1 aromatic carbocycles. The highest BCUT2D eigenvalue weighted by molar-refractivity contribution is 6.32. The van der Waals surface area contributed by atoms with Crippen molar-refractivity contribution in [1.82, 2.24) is 19.6 Å². The molecule has 11 nitrogen and oxygen atoms in total. The average Bonchev–Trinajstić information content (AvgIpc) is 3.18. The normalized spacial score (nSPS) is 10.6. The minimum atomic E-state index is -0.682. The molecule has 0 aliphatic rings. The van der Waals surface area contributed by atoms with Crippen LogP contribution in [-0.4, -0.2) is 36.3 Å². The summed E-state index contributed by atoms with van der Waals surface area (Å²) in [5, 5.41) is 24.3. The molecule has 0 atom stereocenters. The van der Waals surface area contributed by atoms with Crippen molar-refractivity contribution in [1.29, 1.82) is 0 Å². The summed E-state index contributed by atoms with van der Waals surface area (Å²) in [4.78, 5) is 35.6. The van der Waals surface area contributed by atoms with E-state index in [2.05, 4.69) is 20.8 Å². The number of nitro benzene ring substituents is 1. The molecule has 0 aliphatic heterocycles. The van der Waals surface area contributed by atoms with E-state index in [1.807, 2.05) is 0 Å². The van der Waals surface area contributed by atoms with Crippen molar-refractivity contribution >= 4 is 40.5 Å². The van der Waals surface area contributed by atoms with Crippen molar-refractivity contribution in [2.75, 3.05) is 10.6 Å². The summed E-state index contributed by atoms with van der Waals surface area (Å²) in [5.74, 6) is -1.15. The SMILES string of the molecule is Cc1c(NC(=O)c2c(NC(=O)c3ccc(Cl)c([N+](=O)[O-])c3)cnn2C)cnn1C. The molecule has 2 aromatic heterocycles. The van der Waals surface area contributed by atoms with Gasteiger partial charge in [-0.05, 0) is 19.1 Å². The fourth-order valence-corrected chi connectivity index (χ4v) is 2.78. The van der Waals surface area contributed by atoms with Crippen LogP contribution in [0.25, 0.3) is 0 Å². The van der Waals surface area contributed by atoms with Crippen LogP contribution >= 0.6 is 11.6 Å². The molecule has 0 fully saturated rings. The molecule has 3 rings (SSSR count). The summed E-state index contributed by atoms with van der Waals surface area (Å²) in [7, 11) is 3.29. The van der Waals surface area contributed by atoms with Gasteiger partial charge in [0.1, 0.15) is 10.7 Å². The maximum atomic E-state index is 12.7. The molecule has 0 radical (unpaired) electrons. The molecule has 3 aromatic rings. The van der Waals surface area contributed by atoms with Crippen LogP contribution in [0.1, 0.15) is 26.5 Å². The van der Waals surface area contributed by atoms with Gasteiger partial charge in [0.05, 0.1) is 34.4 Å². The Hall–Kier alpha value is -3.73. The van der Waals surface area contributed by atoms with E-state index in [4.69, 9.17) is 11.6 Å². The van der Waals surface area contributed by atoms with E-state index in [1.165, 1.54) is 29.2 Å². The second kappa shape index (κ2) is 7.72. The fourth-order valence-electron chi connectivity index (χ4n) is 2.59. The largest absolute Gasteiger partial charge is 0.319 e. The Labute approximate surface area is 169 Å². The minimum absolute atomic E-state index is 0.0133. The van der Waals surface area contributed by atoms with Crippen molar-refractivity contribution < 1.29 is 14.5 Å². The summed E-state index contributed by atoms with van der Waals surface area (Å²) in [6.45, 7) is 1.79. The molecule has 2 heterocycles. The van der Waals surface area contributed by atoms with Gasteiger partial charge in [0.15, 0.2) is 0 Å². The number of aromatic nitrogens is 4. The van der Waals surface area contributed by atoms with E-state index in [0.717, 1.165) is 11.8 Å². The lowest BCUT2D eigenvalue weighted by Crippen LogP contribution is -2.20. The van der Waals surface area contributed by atoms with Gasteiger partial charge in [-0.15, -0.1) is 0 Å². The van der Waals surface area contributed by atoms with Crippen LogP contribution in [-0.2, 0) is 14.1 Å². The predicted octanol–water partition coefficient (Wildman–Crippen LogP) is 2.53. The smallest absolute Gasteiger partial charge is 0.288 e. The van der Waals surface area contributed by atoms with Crippen molar-refractivity contribution in [3.05, 3.63) is 62.7 Å². The van der Waals surface area contributed by atoms with Crippen LogP contribution < -0.4 is 10.6 Å². The van der Waals surface area contributed by atoms with Gasteiger partial charge in [-0.1, -0.05) is 11.6 Å². The van der Waals surface area contributed by atoms with Gasteiger partial charge in [-0.25, -0.2) is 0 Å². The lowest BCUT2D eigenvalue weighted by molar-refractivity contribution is -0.384. The number of anilines is 2. The maximum absolute atomic E-state index is 12.7. The number of hydrogen-bond donors (Lipinski definition) is 2. The van der Waals surface area contributed by atoms with Gasteiger partial charge < -0.3 is 10.6 Å². The number of hydrogen-bond acceptors (Lipinski definition) is 6. The highest BCUT2D eigenvalue weighted by Crippen LogP contribution is 2.26. The minimum Gasteiger partial charge on any atom is -0.319 e. The van der Waals surface area contributed by atoms with Gasteiger partial charge >= 0.3 is 0 Å². The van der Waals surface area contributed by atoms with E-state index < -0.39 is 22.4 Å². The molecule has 0 aliphatic carbocycles. The number of amides is 2. The van der Waals surface area contributed by atoms with Crippen LogP contribution in [0.3, 0.4) is 0 Å². The standard InChI is InChI=1S/C17H16ClN7O4/c1-9-12(7-19-23(9)2)21-17(27)15-13(8-20-24(15)3)22-16(26)10-4-5-11(18)14(6-10)25(28)29/h4-8H,1-3H3,(H,21,27)(H,22,26). The first kappa shape index (κ1) is 20.0. The Kier molecular flexibility index (Phi) is 5.33. The molecule has 2 amide bonds. The highest BCUT2D eigenvalue weighted by atomic mass is 35.5. The average molecular weight is 418 g/mol. The summed E-state index contributed by atoms with van der Waals surface area (Å²) < 4.78 is 2.91. The van der Waals surface area contributed by atoms with Gasteiger partial charge in [0, 0.05) is 25.7 Å². The van der Waals surface area contributed by atoms with Crippen LogP contribution in [0, 0.1) is 17.0 Å². The molecule has 29 heavy (non-hydrogen) atoms. The molecule has 0 spiro atoms. The molecule has 0 bridgehead atoms. The van der Waals surface area contributed by atoms with Crippen LogP contribution in [0.4, 0.5) is 17.1 Å². The number of nitrogens with zero attached hydrogens (tertiary/aromatic N) is 5. The monoisotopic (exact) mass is 417 g/mol. The lowest BCUT2D eigenvalue weighted by atomic mass is 10.2. The van der Waals surface area contributed by atoms with Crippen LogP contribution in [0.2, 0.25) is 5.02 Å². The number of nitro groups is 1. The first-order valence-corrected chi connectivity index (χ1v) is 8.64. The van der Waals surface area contributed by atoms with E-state index >= 15 is 0 Å². The Morgan fingerprint density at radius 2 is 1.69 bits per heavy atom. The molecular weight excluding hydrogens is 402 g/mol. The van der Waals surface area contributed by atoms with Crippen LogP contribution in [0.15, 0.2) is 30.6 Å². The zero-order chi connectivity index (χ0) is 21.3. The van der Waals surface area contributed by atoms with E-state index in [-0.39, 0.29) is 22.0 Å². The fraction of sp³-hybridized carbons (Fsp3) is 0.176. The molecule has 12 heteroatoms. The zero-order valence-electron chi connectivity index (χ0n) is 15.6. The van der Waals surface area contributed by atoms with Crippen molar-refractivity contribution in [3.8, 4) is 0 Å². The number of aryl methyl sites for hydroxylation is 2. The number of benzene rings is 1. The predicted molar refractivity (Wildman–Crippen MR) is 105 cm³/mol. The second-order valence-electron chi connectivity index (χ2n) is 6.13. The number of rotatable bonds is 5. The lowest BCUT2D eigenvalue weighted by Gasteiger charge is -2.09. The summed E-state index contributed by atoms with van der Waals surface area (Å²) in [6, 6.07) is 3.67. The van der Waals surface area contributed by atoms with Crippen LogP contribution in [0.5, 0.6) is 0 Å². The second-order valence-corrected chi connectivity index (χ2v) is 6.54. The molecule has 150 valence electrons. The quantitative estimate of drug-likeness (QED) is 0.483. The third-order valence-electron chi connectivity index (χ3n) is 4.29. The summed E-state index contributed by atoms with van der Waals surface area (Å²) in [5.41, 5.74) is 1.14. The Balaban J connectivity index is 1.85. The molecule has 0 unspecified atom stereocenters. The highest BCUT2D eigenvalue weighted by Gasteiger charge is 2.22. The van der Waals surface area contributed by atoms with E-state index in [9.17, 15) is 19.7 Å². The number of halogens is 1. The summed E-state index contributed by atoms with van der Waals surface area (Å²) in [6.07, 6.45) is 2.82. The van der Waals surface area contributed by atoms with E-state index in [1.54, 1.807) is 25.7 Å². The van der Waals surface area contributed by atoms with E-state index in [0.29, 0.717) is 5.69 Å². The Bertz CT molecular complexity index is 1140. The van der Waals surface area contributed by atoms with Crippen molar-refractivity contribution in [2.45, 2.75) is 6.92 Å². The topological polar surface area (TPSA) is 137 Å². The third-order valence-corrected chi connectivity index (χ3v) is 4.61. The third kappa shape index (κ3) is 3.94. The Morgan fingerprint density at radius 1 is 1.07 bits per heavy atom. The molecule has 0 saturated heterocycles. The molecule has 2 N–H and O–H groups in total. The Morgan fingerprint density at radius 3 is 2.31 bits per heavy atom. The van der Waals surface area contributed by atoms with Gasteiger partial charge in [0.2, 0.25) is 0 Å². The maximum Gasteiger partial charge on any atom is 0.288 e. The van der Waals surface area contributed by atoms with Gasteiger partial charge in [0.25, 0.3) is 17.5 Å². The number of carbonyl (C=O) groups is 2. The molecule has 0 saturated carbocycles. The van der Waals surface area contributed by atoms with Gasteiger partial charge in [-0.3, -0.25) is 29.1 Å². The van der Waals surface area contributed by atoms with Crippen molar-refractivity contribution in [3.63, 3.8) is 0 Å². The summed E-state index contributed by atoms with van der Waals surface area (Å²) >= 11 is 5.77. The zero-order valence-corrected chi connectivity index (χ0v) is 16.4. The first-order valence-electron chi connectivity index (χ1n) is 8.26. The first-order chi connectivity index (χ1) is 13.7. The number of nitrogens with one attached hydrogen (secondary N) is 2. The molecular formula is C17H16ClN7O4. The van der Waals surface area contributed by atoms with Crippen molar-refractivity contribution in [2.24, 2.45) is 14.1 Å². The number of carbonyl (C=O) groups excluding carboxylic acids is 2. The van der Waals surface area contributed by atoms with Gasteiger partial charge in [-0.2, -0.15) is 10.2 Å².